The van der Waals surface area contributed by atoms with Crippen LogP contribution in [0.1, 0.15) is 19.3 Å². The summed E-state index contributed by atoms with van der Waals surface area (Å²) in [6.45, 7) is 0. The largest absolute Gasteiger partial charge is 0.107 e. The van der Waals surface area contributed by atoms with E-state index < -0.39 is 0 Å². The van der Waals surface area contributed by atoms with Crippen molar-refractivity contribution in [1.29, 1.82) is 0 Å². The van der Waals surface area contributed by atoms with Crippen LogP contribution in [0.3, 0.4) is 0 Å². The molecule has 0 rings (SSSR count). The number of ether oxygens (including phenoxy) is 1. The number of hydrogen-bond donors (Lipinski definition) is 0. The van der Waals surface area contributed by atoms with E-state index >= 15 is 0 Å². The molecule has 67 valence electrons. The normalized spacial score (nSPS) is 9.58. The molecule has 0 atom stereocenters. The number of esters is 1. The second-order valence-corrected chi connectivity index (χ2v) is 3.76. The molecule has 0 aromatic heterocycles. The van der Waals surface area contributed by atoms with Gasteiger partial charge in [-0.3, -0.25) is 0 Å². The molecule has 0 unspecified atom stereocenters. The zero-order chi connectivity index (χ0) is 8.53. The van der Waals surface area contributed by atoms with E-state index in [4.69, 9.17) is 0 Å². The van der Waals surface area contributed by atoms with Gasteiger partial charge in [0.25, 0.3) is 0 Å². The minimum absolute atomic E-state index is 0. The maximum Gasteiger partial charge on any atom is -0.107 e. The van der Waals surface area contributed by atoms with Gasteiger partial charge in [-0.15, -0.1) is 24.0 Å². The van der Waals surface area contributed by atoms with Crippen LogP contribution in [0.15, 0.2) is 12.2 Å². The van der Waals surface area contributed by atoms with Gasteiger partial charge >= 0.3 is 77.3 Å². The number of carbonyl (C=O) groups excluding carboxylic acids is 1. The van der Waals surface area contributed by atoms with Gasteiger partial charge in [0.05, 0.1) is 0 Å². The van der Waals surface area contributed by atoms with Crippen molar-refractivity contribution >= 4 is 29.9 Å². The predicted molar refractivity (Wildman–Crippen MR) is 55.2 cm³/mol. The van der Waals surface area contributed by atoms with Gasteiger partial charge in [0.15, 0.2) is 0 Å². The van der Waals surface area contributed by atoms with E-state index in [-0.39, 0.29) is 29.9 Å². The van der Waals surface area contributed by atoms with Gasteiger partial charge in [-0.1, -0.05) is 0 Å². The maximum atomic E-state index is 10.5. The van der Waals surface area contributed by atoms with Crippen molar-refractivity contribution in [3.63, 3.8) is 0 Å². The molecule has 0 aromatic rings. The molecule has 0 heterocycles. The first-order valence-electron chi connectivity index (χ1n) is 3.85. The SMILES string of the molecule is COC(=O)C=CCCC[CH2][Zn].I. The standard InChI is InChI=1S/C8H13O2.HI.Zn/c1-3-4-5-6-7-8(9)10-2;;/h6-7H,1,3-5H2,2H3;1H;. The molecule has 0 aliphatic carbocycles. The number of halogens is 1. The second kappa shape index (κ2) is 11.6. The first-order chi connectivity index (χ1) is 5.31. The van der Waals surface area contributed by atoms with Crippen molar-refractivity contribution in [2.24, 2.45) is 0 Å². The van der Waals surface area contributed by atoms with E-state index in [0.29, 0.717) is 0 Å². The molecule has 2 nitrogen and oxygen atoms in total. The van der Waals surface area contributed by atoms with Gasteiger partial charge in [0.1, 0.15) is 0 Å². The third-order valence-corrected chi connectivity index (χ3v) is 2.37. The van der Waals surface area contributed by atoms with Gasteiger partial charge in [0, 0.05) is 0 Å². The monoisotopic (exact) mass is 333 g/mol. The van der Waals surface area contributed by atoms with Crippen molar-refractivity contribution in [2.75, 3.05) is 7.11 Å². The summed E-state index contributed by atoms with van der Waals surface area (Å²) in [6, 6.07) is 0. The van der Waals surface area contributed by atoms with E-state index in [2.05, 4.69) is 4.74 Å². The third kappa shape index (κ3) is 10.6. The summed E-state index contributed by atoms with van der Waals surface area (Å²) in [5.74, 6) is -0.255. The molecular weight excluding hydrogens is 320 g/mol. The van der Waals surface area contributed by atoms with Crippen LogP contribution in [0.5, 0.6) is 0 Å². The molecule has 0 aliphatic rings. The molecule has 0 fully saturated rings. The van der Waals surface area contributed by atoms with Gasteiger partial charge in [-0.2, -0.15) is 0 Å². The Morgan fingerprint density at radius 1 is 1.50 bits per heavy atom. The molecular formula is C8H14IO2Zn. The Labute approximate surface area is 101 Å². The molecule has 0 N–H and O–H groups in total. The molecule has 0 saturated carbocycles. The Kier molecular flexibility index (Phi) is 14.5. The molecule has 0 radical (unpaired) electrons. The summed E-state index contributed by atoms with van der Waals surface area (Å²) in [6.07, 6.45) is 6.83. The fourth-order valence-electron chi connectivity index (χ4n) is 0.687. The summed E-state index contributed by atoms with van der Waals surface area (Å²) in [5.41, 5.74) is 0. The maximum absolute atomic E-state index is 10.5. The Bertz CT molecular complexity index is 137. The average molecular weight is 334 g/mol. The van der Waals surface area contributed by atoms with Crippen LogP contribution < -0.4 is 0 Å². The number of carbonyl (C=O) groups is 1. The molecule has 12 heavy (non-hydrogen) atoms. The van der Waals surface area contributed by atoms with Crippen LogP contribution in [-0.2, 0) is 27.8 Å². The van der Waals surface area contributed by atoms with Gasteiger partial charge < -0.3 is 0 Å². The Hall–Kier alpha value is 0.563. The van der Waals surface area contributed by atoms with Gasteiger partial charge in [-0.25, -0.2) is 0 Å². The van der Waals surface area contributed by atoms with E-state index in [9.17, 15) is 4.79 Å². The van der Waals surface area contributed by atoms with E-state index in [0.717, 1.165) is 6.42 Å². The van der Waals surface area contributed by atoms with Crippen molar-refractivity contribution < 1.29 is 27.8 Å². The fourth-order valence-corrected chi connectivity index (χ4v) is 1.43. The van der Waals surface area contributed by atoms with Crippen LogP contribution in [0.4, 0.5) is 0 Å². The summed E-state index contributed by atoms with van der Waals surface area (Å²) >= 11 is 1.38. The molecule has 0 aliphatic heterocycles. The van der Waals surface area contributed by atoms with Crippen molar-refractivity contribution in [3.05, 3.63) is 12.2 Å². The Morgan fingerprint density at radius 2 is 2.17 bits per heavy atom. The van der Waals surface area contributed by atoms with Gasteiger partial charge in [-0.05, 0) is 0 Å². The van der Waals surface area contributed by atoms with Crippen LogP contribution in [-0.4, -0.2) is 13.1 Å². The number of hydrogen-bond acceptors (Lipinski definition) is 2. The Morgan fingerprint density at radius 3 is 2.67 bits per heavy atom. The molecule has 0 aromatic carbocycles. The smallest absolute Gasteiger partial charge is 0.107 e. The first-order valence-corrected chi connectivity index (χ1v) is 5.94. The summed E-state index contributed by atoms with van der Waals surface area (Å²) in [4.78, 5) is 10.5. The molecule has 0 spiro atoms. The molecule has 0 saturated heterocycles. The number of rotatable bonds is 5. The van der Waals surface area contributed by atoms with E-state index in [1.807, 2.05) is 6.08 Å². The number of unbranched alkanes of at least 4 members (excludes halogenated alkanes) is 2. The van der Waals surface area contributed by atoms with Crippen LogP contribution in [0, 0.1) is 0 Å². The van der Waals surface area contributed by atoms with Crippen LogP contribution in [0.2, 0.25) is 5.02 Å². The quantitative estimate of drug-likeness (QED) is 0.254. The topological polar surface area (TPSA) is 26.3 Å². The van der Waals surface area contributed by atoms with E-state index in [1.54, 1.807) is 0 Å². The Balaban J connectivity index is 0. The second-order valence-electron chi connectivity index (χ2n) is 2.27. The zero-order valence-corrected chi connectivity index (χ0v) is 12.7. The molecule has 0 bridgehead atoms. The minimum Gasteiger partial charge on any atom is -0.107 e. The van der Waals surface area contributed by atoms with Crippen molar-refractivity contribution in [3.8, 4) is 0 Å². The van der Waals surface area contributed by atoms with Crippen molar-refractivity contribution in [1.82, 2.24) is 0 Å². The predicted octanol–water partition coefficient (Wildman–Crippen LogP) is 2.47. The van der Waals surface area contributed by atoms with Crippen LogP contribution in [0.25, 0.3) is 0 Å². The number of allylic oxidation sites excluding steroid dienone is 1. The molecule has 0 amide bonds. The summed E-state index contributed by atoms with van der Waals surface area (Å²) < 4.78 is 4.44. The third-order valence-electron chi connectivity index (χ3n) is 1.33. The summed E-state index contributed by atoms with van der Waals surface area (Å²) in [7, 11) is 1.39. The zero-order valence-electron chi connectivity index (χ0n) is 7.41. The van der Waals surface area contributed by atoms with Crippen molar-refractivity contribution in [2.45, 2.75) is 24.3 Å². The number of methoxy groups -OCH3 is 1. The molecule has 4 heteroatoms. The average Bonchev–Trinajstić information content (AvgIpc) is 2.04. The summed E-state index contributed by atoms with van der Waals surface area (Å²) in [5, 5.41) is 1.34. The van der Waals surface area contributed by atoms with Crippen LogP contribution >= 0.6 is 24.0 Å². The van der Waals surface area contributed by atoms with Gasteiger partial charge in [0.2, 0.25) is 0 Å². The fraction of sp³-hybridized carbons (Fsp3) is 0.625. The first kappa shape index (κ1) is 15.1. The minimum atomic E-state index is -0.255. The van der Waals surface area contributed by atoms with E-state index in [1.165, 1.54) is 49.3 Å².